The number of hydrogen-bond acceptors (Lipinski definition) is 0. The van der Waals surface area contributed by atoms with Crippen molar-refractivity contribution in [3.63, 3.8) is 0 Å². The third-order valence-corrected chi connectivity index (χ3v) is 6.20. The summed E-state index contributed by atoms with van der Waals surface area (Å²) >= 11 is 0. The fraction of sp³-hybridized carbons (Fsp3) is 0.357. The molecule has 0 spiro atoms. The van der Waals surface area contributed by atoms with E-state index in [1.54, 1.807) is 0 Å². The third-order valence-electron chi connectivity index (χ3n) is 6.20. The molecule has 2 aromatic carbocycles. The second-order valence-electron chi connectivity index (χ2n) is 9.41. The maximum absolute atomic E-state index is 2.39. The zero-order chi connectivity index (χ0) is 19.9. The average molecular weight is 369 g/mol. The van der Waals surface area contributed by atoms with Gasteiger partial charge in [-0.2, -0.15) is 0 Å². The second-order valence-corrected chi connectivity index (χ2v) is 9.41. The normalized spacial score (nSPS) is 18.2. The Balaban J connectivity index is 1.58. The molecule has 0 saturated heterocycles. The summed E-state index contributed by atoms with van der Waals surface area (Å²) in [6.45, 7) is 11.4. The molecule has 28 heavy (non-hydrogen) atoms. The van der Waals surface area contributed by atoms with Crippen molar-refractivity contribution in [2.45, 2.75) is 65.2 Å². The lowest BCUT2D eigenvalue weighted by Gasteiger charge is -2.22. The molecule has 1 atom stereocenters. The molecule has 0 bridgehead atoms. The van der Waals surface area contributed by atoms with Crippen molar-refractivity contribution in [1.29, 1.82) is 0 Å². The molecule has 1 unspecified atom stereocenters. The Morgan fingerprint density at radius 3 is 2.50 bits per heavy atom. The predicted octanol–water partition coefficient (Wildman–Crippen LogP) is 8.07. The molecule has 2 aromatic rings. The van der Waals surface area contributed by atoms with Crippen LogP contribution in [0.3, 0.4) is 0 Å². The van der Waals surface area contributed by atoms with E-state index in [0.29, 0.717) is 5.92 Å². The maximum atomic E-state index is 2.39. The molecule has 0 heteroatoms. The summed E-state index contributed by atoms with van der Waals surface area (Å²) in [5.74, 6) is 0.615. The standard InChI is InChI=1S/C28H32/c1-6-7-20-8-11-25-18-24(12-14-26(20)25)23-10-9-22(17-23)21-13-15-27(19(2)16-21)28(3,4)5/h8-9,11-18,20H,6-7,10H2,1-5H3. The zero-order valence-corrected chi connectivity index (χ0v) is 18.0. The Morgan fingerprint density at radius 2 is 1.79 bits per heavy atom. The van der Waals surface area contributed by atoms with E-state index in [1.165, 1.54) is 57.4 Å². The highest BCUT2D eigenvalue weighted by Gasteiger charge is 2.19. The van der Waals surface area contributed by atoms with Crippen LogP contribution in [-0.2, 0) is 5.41 Å². The molecule has 0 nitrogen and oxygen atoms in total. The summed E-state index contributed by atoms with van der Waals surface area (Å²) in [6.07, 6.45) is 13.0. The second kappa shape index (κ2) is 7.24. The molecule has 4 rings (SSSR count). The van der Waals surface area contributed by atoms with Crippen LogP contribution in [0.15, 0.2) is 54.6 Å². The molecule has 144 valence electrons. The Bertz CT molecular complexity index is 989. The highest BCUT2D eigenvalue weighted by atomic mass is 14.2. The summed E-state index contributed by atoms with van der Waals surface area (Å²) in [5.41, 5.74) is 11.4. The number of allylic oxidation sites excluding steroid dienone is 5. The molecule has 0 aliphatic heterocycles. The first-order valence-electron chi connectivity index (χ1n) is 10.7. The minimum Gasteiger partial charge on any atom is -0.0764 e. The average Bonchev–Trinajstić information content (AvgIpc) is 3.28. The van der Waals surface area contributed by atoms with E-state index in [0.717, 1.165) is 6.42 Å². The third kappa shape index (κ3) is 3.53. The zero-order valence-electron chi connectivity index (χ0n) is 18.0. The molecule has 0 radical (unpaired) electrons. The molecule has 0 aromatic heterocycles. The highest BCUT2D eigenvalue weighted by Crippen LogP contribution is 2.38. The largest absolute Gasteiger partial charge is 0.0764 e. The van der Waals surface area contributed by atoms with Crippen LogP contribution in [0.25, 0.3) is 17.2 Å². The Hall–Kier alpha value is -2.34. The molecule has 0 saturated carbocycles. The van der Waals surface area contributed by atoms with Crippen LogP contribution >= 0.6 is 0 Å². The van der Waals surface area contributed by atoms with Gasteiger partial charge < -0.3 is 0 Å². The fourth-order valence-corrected chi connectivity index (χ4v) is 4.76. The molecule has 0 heterocycles. The van der Waals surface area contributed by atoms with Crippen molar-refractivity contribution >= 4 is 17.2 Å². The van der Waals surface area contributed by atoms with Crippen molar-refractivity contribution in [1.82, 2.24) is 0 Å². The van der Waals surface area contributed by atoms with Gasteiger partial charge in [0, 0.05) is 5.92 Å². The Labute approximate surface area is 170 Å². The van der Waals surface area contributed by atoms with E-state index < -0.39 is 0 Å². The monoisotopic (exact) mass is 368 g/mol. The van der Waals surface area contributed by atoms with Crippen LogP contribution in [0.1, 0.15) is 86.3 Å². The number of fused-ring (bicyclic) bond motifs is 1. The van der Waals surface area contributed by atoms with Crippen LogP contribution in [0.4, 0.5) is 0 Å². The van der Waals surface area contributed by atoms with Gasteiger partial charge in [-0.1, -0.05) is 88.8 Å². The fourth-order valence-electron chi connectivity index (χ4n) is 4.76. The van der Waals surface area contributed by atoms with Gasteiger partial charge >= 0.3 is 0 Å². The van der Waals surface area contributed by atoms with Gasteiger partial charge in [-0.25, -0.2) is 0 Å². The molecule has 0 fully saturated rings. The molecule has 0 amide bonds. The van der Waals surface area contributed by atoms with Crippen molar-refractivity contribution < 1.29 is 0 Å². The van der Waals surface area contributed by atoms with Crippen LogP contribution in [0.5, 0.6) is 0 Å². The summed E-state index contributed by atoms with van der Waals surface area (Å²) in [7, 11) is 0. The van der Waals surface area contributed by atoms with Crippen LogP contribution in [0, 0.1) is 6.92 Å². The van der Waals surface area contributed by atoms with E-state index in [1.807, 2.05) is 0 Å². The number of hydrogen-bond donors (Lipinski definition) is 0. The molecule has 2 aliphatic carbocycles. The first-order valence-corrected chi connectivity index (χ1v) is 10.7. The minimum absolute atomic E-state index is 0.196. The van der Waals surface area contributed by atoms with Crippen molar-refractivity contribution in [3.8, 4) is 0 Å². The van der Waals surface area contributed by atoms with Gasteiger partial charge in [0.15, 0.2) is 0 Å². The lowest BCUT2D eigenvalue weighted by molar-refractivity contribution is 0.586. The molecular formula is C28H32. The van der Waals surface area contributed by atoms with Crippen LogP contribution < -0.4 is 0 Å². The summed E-state index contributed by atoms with van der Waals surface area (Å²) in [5, 5.41) is 0. The van der Waals surface area contributed by atoms with Crippen LogP contribution in [-0.4, -0.2) is 0 Å². The van der Waals surface area contributed by atoms with Crippen LogP contribution in [0.2, 0.25) is 0 Å². The summed E-state index contributed by atoms with van der Waals surface area (Å²) < 4.78 is 0. The molecule has 2 aliphatic rings. The quantitative estimate of drug-likeness (QED) is 0.512. The van der Waals surface area contributed by atoms with E-state index in [-0.39, 0.29) is 5.41 Å². The number of benzene rings is 2. The number of aryl methyl sites for hydroxylation is 1. The first kappa shape index (κ1) is 19.0. The van der Waals surface area contributed by atoms with E-state index in [4.69, 9.17) is 0 Å². The van der Waals surface area contributed by atoms with Gasteiger partial charge in [-0.15, -0.1) is 0 Å². The number of rotatable bonds is 4. The van der Waals surface area contributed by atoms with Crippen molar-refractivity contribution in [3.05, 3.63) is 88.0 Å². The smallest absolute Gasteiger partial charge is 0.00271 e. The highest BCUT2D eigenvalue weighted by molar-refractivity contribution is 5.90. The van der Waals surface area contributed by atoms with Gasteiger partial charge in [0.25, 0.3) is 0 Å². The first-order chi connectivity index (χ1) is 13.4. The van der Waals surface area contributed by atoms with Gasteiger partial charge in [0.1, 0.15) is 0 Å². The topological polar surface area (TPSA) is 0 Å². The summed E-state index contributed by atoms with van der Waals surface area (Å²) in [4.78, 5) is 0. The minimum atomic E-state index is 0.196. The van der Waals surface area contributed by atoms with Gasteiger partial charge in [-0.05, 0) is 75.8 Å². The Morgan fingerprint density at radius 1 is 1.00 bits per heavy atom. The predicted molar refractivity (Wildman–Crippen MR) is 124 cm³/mol. The Kier molecular flexibility index (Phi) is 4.91. The maximum Gasteiger partial charge on any atom is 0.00271 e. The van der Waals surface area contributed by atoms with E-state index >= 15 is 0 Å². The van der Waals surface area contributed by atoms with Crippen molar-refractivity contribution in [2.75, 3.05) is 0 Å². The van der Waals surface area contributed by atoms with Gasteiger partial charge in [-0.3, -0.25) is 0 Å². The van der Waals surface area contributed by atoms with Gasteiger partial charge in [0.2, 0.25) is 0 Å². The van der Waals surface area contributed by atoms with E-state index in [9.17, 15) is 0 Å². The SMILES string of the molecule is CCCC1C=Cc2cc(C3=CC(c4ccc(C(C)(C)C)c(C)c4)=CC3)ccc21. The van der Waals surface area contributed by atoms with Crippen molar-refractivity contribution in [2.24, 2.45) is 0 Å². The lowest BCUT2D eigenvalue weighted by Crippen LogP contribution is -2.13. The molecule has 0 N–H and O–H groups in total. The van der Waals surface area contributed by atoms with E-state index in [2.05, 4.69) is 95.3 Å². The molecular weight excluding hydrogens is 336 g/mol. The lowest BCUT2D eigenvalue weighted by atomic mass is 9.83. The summed E-state index contributed by atoms with van der Waals surface area (Å²) in [6, 6.07) is 14.0. The van der Waals surface area contributed by atoms with Gasteiger partial charge in [0.05, 0.1) is 0 Å².